The van der Waals surface area contributed by atoms with Gasteiger partial charge in [0.1, 0.15) is 0 Å². The highest BCUT2D eigenvalue weighted by Gasteiger charge is 2.32. The summed E-state index contributed by atoms with van der Waals surface area (Å²) < 4.78 is 0. The summed E-state index contributed by atoms with van der Waals surface area (Å²) in [6.07, 6.45) is 22.7. The van der Waals surface area contributed by atoms with Gasteiger partial charge >= 0.3 is 5.97 Å². The highest BCUT2D eigenvalue weighted by molar-refractivity contribution is 6.02. The number of carbonyl (C=O) groups excluding carboxylic acids is 3. The van der Waals surface area contributed by atoms with Gasteiger partial charge in [0.05, 0.1) is 0 Å². The average molecular weight is 402 g/mol. The number of nitrogens with zero attached hydrogens (tertiary/aromatic N) is 1. The Kier molecular flexibility index (Phi) is 14.1. The zero-order chi connectivity index (χ0) is 21.2. The first-order chi connectivity index (χ1) is 14.1. The van der Waals surface area contributed by atoms with Crippen molar-refractivity contribution < 1.29 is 19.2 Å². The van der Waals surface area contributed by atoms with Crippen LogP contribution in [0.5, 0.6) is 0 Å². The largest absolute Gasteiger partial charge is 0.409 e. The standard InChI is InChI=1S/C24H35NO4/c1-2-3-4-5-6-7-8-9-10-11-12-13-14-15-16-17-18-19-24(28)29-25-22(26)20-21-23(25)27/h6-7,9-10H,2-5,8,11-17,20-21H2,1H3/b7-6+,10-9+. The van der Waals surface area contributed by atoms with Crippen molar-refractivity contribution in [2.45, 2.75) is 96.8 Å². The molecule has 0 aromatic rings. The van der Waals surface area contributed by atoms with E-state index in [0.717, 1.165) is 32.1 Å². The Bertz CT molecular complexity index is 609. The van der Waals surface area contributed by atoms with Crippen LogP contribution in [0.1, 0.15) is 96.8 Å². The van der Waals surface area contributed by atoms with Crippen molar-refractivity contribution in [1.29, 1.82) is 0 Å². The van der Waals surface area contributed by atoms with E-state index < -0.39 is 17.8 Å². The number of hydrogen-bond acceptors (Lipinski definition) is 4. The molecule has 0 aromatic carbocycles. The van der Waals surface area contributed by atoms with E-state index in [0.29, 0.717) is 11.5 Å². The van der Waals surface area contributed by atoms with Crippen molar-refractivity contribution >= 4 is 17.8 Å². The van der Waals surface area contributed by atoms with Gasteiger partial charge in [0.15, 0.2) is 0 Å². The number of allylic oxidation sites excluding steroid dienone is 4. The molecule has 1 heterocycles. The summed E-state index contributed by atoms with van der Waals surface area (Å²) >= 11 is 0. The number of amides is 2. The van der Waals surface area contributed by atoms with Crippen molar-refractivity contribution in [3.63, 3.8) is 0 Å². The maximum Gasteiger partial charge on any atom is 0.409 e. The van der Waals surface area contributed by atoms with E-state index >= 15 is 0 Å². The van der Waals surface area contributed by atoms with Crippen molar-refractivity contribution in [1.82, 2.24) is 5.06 Å². The molecule has 0 aromatic heterocycles. The van der Waals surface area contributed by atoms with Gasteiger partial charge in [-0.1, -0.05) is 69.3 Å². The van der Waals surface area contributed by atoms with E-state index in [2.05, 4.69) is 47.9 Å². The molecule has 1 rings (SSSR count). The van der Waals surface area contributed by atoms with Gasteiger partial charge in [0, 0.05) is 25.2 Å². The molecular formula is C24H35NO4. The van der Waals surface area contributed by atoms with E-state index in [1.54, 1.807) is 0 Å². The second kappa shape index (κ2) is 16.6. The average Bonchev–Trinajstić information content (AvgIpc) is 3.02. The second-order valence-corrected chi connectivity index (χ2v) is 7.24. The normalized spacial score (nSPS) is 14.0. The summed E-state index contributed by atoms with van der Waals surface area (Å²) in [5.41, 5.74) is 0. The molecule has 0 N–H and O–H groups in total. The second-order valence-electron chi connectivity index (χ2n) is 7.24. The fourth-order valence-corrected chi connectivity index (χ4v) is 2.92. The lowest BCUT2D eigenvalue weighted by Crippen LogP contribution is -2.31. The summed E-state index contributed by atoms with van der Waals surface area (Å²) in [6.45, 7) is 2.23. The zero-order valence-electron chi connectivity index (χ0n) is 17.8. The van der Waals surface area contributed by atoms with Crippen LogP contribution in [0, 0.1) is 11.8 Å². The number of hydrogen-bond donors (Lipinski definition) is 0. The van der Waals surface area contributed by atoms with Gasteiger partial charge in [-0.05, 0) is 38.5 Å². The quantitative estimate of drug-likeness (QED) is 0.169. The monoisotopic (exact) mass is 401 g/mol. The lowest BCUT2D eigenvalue weighted by molar-refractivity contribution is -0.193. The van der Waals surface area contributed by atoms with Gasteiger partial charge in [0.25, 0.3) is 11.8 Å². The van der Waals surface area contributed by atoms with Crippen molar-refractivity contribution in [3.05, 3.63) is 24.3 Å². The number of carbonyl (C=O) groups is 3. The number of rotatable bonds is 14. The molecule has 0 bridgehead atoms. The van der Waals surface area contributed by atoms with Crippen LogP contribution in [0.4, 0.5) is 0 Å². The molecule has 5 nitrogen and oxygen atoms in total. The van der Waals surface area contributed by atoms with Crippen LogP contribution in [0.3, 0.4) is 0 Å². The minimum Gasteiger partial charge on any atom is -0.318 e. The molecular weight excluding hydrogens is 366 g/mol. The third-order valence-corrected chi connectivity index (χ3v) is 4.62. The molecule has 5 heteroatoms. The maximum absolute atomic E-state index is 11.5. The zero-order valence-corrected chi connectivity index (χ0v) is 17.8. The fraction of sp³-hybridized carbons (Fsp3) is 0.625. The molecule has 1 fully saturated rings. The summed E-state index contributed by atoms with van der Waals surface area (Å²) in [4.78, 5) is 38.8. The third kappa shape index (κ3) is 12.7. The molecule has 0 unspecified atom stereocenters. The van der Waals surface area contributed by atoms with Gasteiger partial charge in [-0.25, -0.2) is 4.79 Å². The van der Waals surface area contributed by atoms with Crippen LogP contribution >= 0.6 is 0 Å². The Hall–Kier alpha value is -2.35. The maximum atomic E-state index is 11.5. The number of unbranched alkanes of at least 4 members (excludes halogenated alkanes) is 9. The fourth-order valence-electron chi connectivity index (χ4n) is 2.92. The minimum atomic E-state index is -0.851. The topological polar surface area (TPSA) is 63.7 Å². The van der Waals surface area contributed by atoms with Crippen molar-refractivity contribution in [3.8, 4) is 11.8 Å². The molecule has 29 heavy (non-hydrogen) atoms. The highest BCUT2D eigenvalue weighted by atomic mass is 16.7. The first-order valence-corrected chi connectivity index (χ1v) is 11.0. The van der Waals surface area contributed by atoms with Crippen LogP contribution in [0.15, 0.2) is 24.3 Å². The van der Waals surface area contributed by atoms with Crippen LogP contribution < -0.4 is 0 Å². The van der Waals surface area contributed by atoms with Crippen LogP contribution in [-0.2, 0) is 19.2 Å². The summed E-state index contributed by atoms with van der Waals surface area (Å²) in [5, 5.41) is 0.523. The van der Waals surface area contributed by atoms with Gasteiger partial charge in [-0.3, -0.25) is 9.59 Å². The summed E-state index contributed by atoms with van der Waals surface area (Å²) in [6, 6.07) is 0. The Morgan fingerprint density at radius 3 is 2.14 bits per heavy atom. The highest BCUT2D eigenvalue weighted by Crippen LogP contribution is 2.12. The van der Waals surface area contributed by atoms with Gasteiger partial charge < -0.3 is 4.84 Å². The van der Waals surface area contributed by atoms with E-state index in [1.165, 1.54) is 38.5 Å². The lowest BCUT2D eigenvalue weighted by Gasteiger charge is -2.09. The van der Waals surface area contributed by atoms with E-state index in [4.69, 9.17) is 0 Å². The van der Waals surface area contributed by atoms with E-state index in [-0.39, 0.29) is 12.8 Å². The molecule has 0 radical (unpaired) electrons. The van der Waals surface area contributed by atoms with Crippen LogP contribution in [0.25, 0.3) is 0 Å². The number of hydroxylamine groups is 2. The Balaban J connectivity index is 1.93. The Morgan fingerprint density at radius 1 is 0.897 bits per heavy atom. The van der Waals surface area contributed by atoms with Crippen molar-refractivity contribution in [2.24, 2.45) is 0 Å². The molecule has 1 saturated heterocycles. The molecule has 1 aliphatic heterocycles. The molecule has 0 atom stereocenters. The summed E-state index contributed by atoms with van der Waals surface area (Å²) in [5.74, 6) is 3.25. The molecule has 1 aliphatic rings. The smallest absolute Gasteiger partial charge is 0.318 e. The SMILES string of the molecule is CCCCC/C=C/C/C=C/CCCCCCCC#CC(=O)ON1C(=O)CCC1=O. The summed E-state index contributed by atoms with van der Waals surface area (Å²) in [7, 11) is 0. The molecule has 0 aliphatic carbocycles. The predicted molar refractivity (Wildman–Crippen MR) is 114 cm³/mol. The van der Waals surface area contributed by atoms with Crippen LogP contribution in [0.2, 0.25) is 0 Å². The van der Waals surface area contributed by atoms with Crippen molar-refractivity contribution in [2.75, 3.05) is 0 Å². The predicted octanol–water partition coefficient (Wildman–Crippen LogP) is 5.41. The van der Waals surface area contributed by atoms with Gasteiger partial charge in [0.2, 0.25) is 0 Å². The van der Waals surface area contributed by atoms with Gasteiger partial charge in [-0.2, -0.15) is 0 Å². The van der Waals surface area contributed by atoms with E-state index in [9.17, 15) is 14.4 Å². The van der Waals surface area contributed by atoms with E-state index in [1.807, 2.05) is 0 Å². The van der Waals surface area contributed by atoms with Crippen LogP contribution in [-0.4, -0.2) is 22.8 Å². The third-order valence-electron chi connectivity index (χ3n) is 4.62. The Morgan fingerprint density at radius 2 is 1.48 bits per heavy atom. The number of imide groups is 1. The molecule has 0 spiro atoms. The molecule has 0 saturated carbocycles. The molecule has 160 valence electrons. The first-order valence-electron chi connectivity index (χ1n) is 11.0. The minimum absolute atomic E-state index is 0.0888. The van der Waals surface area contributed by atoms with Gasteiger partial charge in [-0.15, -0.1) is 5.06 Å². The molecule has 2 amide bonds. The Labute approximate surface area is 175 Å². The first kappa shape index (κ1) is 24.7. The lowest BCUT2D eigenvalue weighted by atomic mass is 10.1.